The molecule has 1 saturated heterocycles. The lowest BCUT2D eigenvalue weighted by molar-refractivity contribution is 0.404. The predicted molar refractivity (Wildman–Crippen MR) is 71.3 cm³/mol. The first-order chi connectivity index (χ1) is 8.55. The summed E-state index contributed by atoms with van der Waals surface area (Å²) in [5.41, 5.74) is 3.60. The normalized spacial score (nSPS) is 25.3. The Hall–Kier alpha value is -0.650. The van der Waals surface area contributed by atoms with Crippen LogP contribution in [0.25, 0.3) is 0 Å². The standard InChI is InChI=1S/C13H18F2N2S/c1-13(5-2-6-18-13)12(17-16)8-9-3-4-10(14)11(15)7-9/h3-4,7,12,17H,2,5-6,8,16H2,1H3. The van der Waals surface area contributed by atoms with Crippen molar-refractivity contribution in [2.45, 2.75) is 37.0 Å². The highest BCUT2D eigenvalue weighted by Crippen LogP contribution is 2.41. The van der Waals surface area contributed by atoms with Gasteiger partial charge in [0.05, 0.1) is 0 Å². The Morgan fingerprint density at radius 2 is 2.22 bits per heavy atom. The van der Waals surface area contributed by atoms with Crippen LogP contribution in [0.5, 0.6) is 0 Å². The second-order valence-electron chi connectivity index (χ2n) is 4.94. The fraction of sp³-hybridized carbons (Fsp3) is 0.538. The first-order valence-corrected chi connectivity index (χ1v) is 7.08. The number of halogens is 2. The molecule has 1 fully saturated rings. The number of rotatable bonds is 4. The van der Waals surface area contributed by atoms with Crippen LogP contribution in [-0.4, -0.2) is 16.5 Å². The molecule has 3 N–H and O–H groups in total. The number of nitrogens with two attached hydrogens (primary N) is 1. The second kappa shape index (κ2) is 5.55. The summed E-state index contributed by atoms with van der Waals surface area (Å²) < 4.78 is 26.1. The molecule has 1 aliphatic heterocycles. The third-order valence-corrected chi connectivity index (χ3v) is 5.25. The monoisotopic (exact) mass is 272 g/mol. The van der Waals surface area contributed by atoms with E-state index in [4.69, 9.17) is 5.84 Å². The van der Waals surface area contributed by atoms with E-state index in [2.05, 4.69) is 12.3 Å². The maximum Gasteiger partial charge on any atom is 0.159 e. The Labute approximate surface area is 110 Å². The Balaban J connectivity index is 2.12. The van der Waals surface area contributed by atoms with E-state index in [1.54, 1.807) is 6.07 Å². The van der Waals surface area contributed by atoms with E-state index in [9.17, 15) is 8.78 Å². The summed E-state index contributed by atoms with van der Waals surface area (Å²) in [5.74, 6) is 5.15. The van der Waals surface area contributed by atoms with Gasteiger partial charge in [-0.05, 0) is 49.6 Å². The van der Waals surface area contributed by atoms with Crippen molar-refractivity contribution in [2.75, 3.05) is 5.75 Å². The zero-order valence-corrected chi connectivity index (χ0v) is 11.2. The van der Waals surface area contributed by atoms with E-state index in [1.807, 2.05) is 11.8 Å². The molecule has 2 unspecified atom stereocenters. The van der Waals surface area contributed by atoms with Crippen LogP contribution in [0.3, 0.4) is 0 Å². The van der Waals surface area contributed by atoms with E-state index >= 15 is 0 Å². The van der Waals surface area contributed by atoms with Gasteiger partial charge < -0.3 is 0 Å². The van der Waals surface area contributed by atoms with E-state index < -0.39 is 11.6 Å². The zero-order chi connectivity index (χ0) is 13.2. The lowest BCUT2D eigenvalue weighted by atomic mass is 9.91. The fourth-order valence-corrected chi connectivity index (χ4v) is 3.83. The number of hydrazine groups is 1. The van der Waals surface area contributed by atoms with Crippen LogP contribution in [0.1, 0.15) is 25.3 Å². The second-order valence-corrected chi connectivity index (χ2v) is 6.57. The molecule has 1 aromatic rings. The van der Waals surface area contributed by atoms with Crippen molar-refractivity contribution >= 4 is 11.8 Å². The molecule has 2 atom stereocenters. The first kappa shape index (κ1) is 13.8. The minimum absolute atomic E-state index is 0.0647. The van der Waals surface area contributed by atoms with Gasteiger partial charge in [0, 0.05) is 10.8 Å². The molecule has 0 saturated carbocycles. The van der Waals surface area contributed by atoms with Crippen molar-refractivity contribution in [3.63, 3.8) is 0 Å². The van der Waals surface area contributed by atoms with Crippen molar-refractivity contribution in [3.05, 3.63) is 35.4 Å². The maximum atomic E-state index is 13.2. The van der Waals surface area contributed by atoms with Gasteiger partial charge in [-0.25, -0.2) is 8.78 Å². The highest BCUT2D eigenvalue weighted by Gasteiger charge is 2.37. The highest BCUT2D eigenvalue weighted by molar-refractivity contribution is 8.00. The molecule has 0 amide bonds. The number of thioether (sulfide) groups is 1. The fourth-order valence-electron chi connectivity index (χ4n) is 2.43. The summed E-state index contributed by atoms with van der Waals surface area (Å²) in [6.45, 7) is 2.18. The summed E-state index contributed by atoms with van der Waals surface area (Å²) in [4.78, 5) is 0. The van der Waals surface area contributed by atoms with E-state index in [1.165, 1.54) is 18.6 Å². The molecule has 0 aliphatic carbocycles. The van der Waals surface area contributed by atoms with Crippen molar-refractivity contribution in [1.29, 1.82) is 0 Å². The Bertz CT molecular complexity index is 419. The highest BCUT2D eigenvalue weighted by atomic mass is 32.2. The van der Waals surface area contributed by atoms with Gasteiger partial charge in [-0.2, -0.15) is 11.8 Å². The molecule has 2 rings (SSSR count). The summed E-state index contributed by atoms with van der Waals surface area (Å²) in [5, 5.41) is 0. The molecule has 18 heavy (non-hydrogen) atoms. The molecule has 5 heteroatoms. The van der Waals surface area contributed by atoms with Gasteiger partial charge in [0.25, 0.3) is 0 Å². The van der Waals surface area contributed by atoms with Gasteiger partial charge >= 0.3 is 0 Å². The maximum absolute atomic E-state index is 13.2. The average molecular weight is 272 g/mol. The quantitative estimate of drug-likeness (QED) is 0.653. The van der Waals surface area contributed by atoms with Gasteiger partial charge in [0.15, 0.2) is 11.6 Å². The van der Waals surface area contributed by atoms with Crippen molar-refractivity contribution in [3.8, 4) is 0 Å². The molecule has 1 aliphatic rings. The smallest absolute Gasteiger partial charge is 0.159 e. The lowest BCUT2D eigenvalue weighted by Gasteiger charge is -2.32. The SMILES string of the molecule is CC1(C(Cc2ccc(F)c(F)c2)NN)CCCS1. The van der Waals surface area contributed by atoms with Crippen LogP contribution in [0.15, 0.2) is 18.2 Å². The van der Waals surface area contributed by atoms with E-state index in [0.29, 0.717) is 6.42 Å². The largest absolute Gasteiger partial charge is 0.271 e. The Morgan fingerprint density at radius 1 is 1.44 bits per heavy atom. The van der Waals surface area contributed by atoms with Crippen molar-refractivity contribution < 1.29 is 8.78 Å². The minimum Gasteiger partial charge on any atom is -0.271 e. The van der Waals surface area contributed by atoms with Crippen LogP contribution in [-0.2, 0) is 6.42 Å². The predicted octanol–water partition coefficient (Wildman–Crippen LogP) is 2.62. The van der Waals surface area contributed by atoms with Gasteiger partial charge in [0.2, 0.25) is 0 Å². The average Bonchev–Trinajstić information content (AvgIpc) is 2.78. The summed E-state index contributed by atoms with van der Waals surface area (Å²) in [7, 11) is 0. The number of hydrogen-bond acceptors (Lipinski definition) is 3. The third-order valence-electron chi connectivity index (χ3n) is 3.61. The van der Waals surface area contributed by atoms with Crippen LogP contribution >= 0.6 is 11.8 Å². The molecular weight excluding hydrogens is 254 g/mol. The third kappa shape index (κ3) is 2.84. The number of nitrogens with one attached hydrogen (secondary N) is 1. The van der Waals surface area contributed by atoms with Crippen LogP contribution < -0.4 is 11.3 Å². The lowest BCUT2D eigenvalue weighted by Crippen LogP contribution is -2.50. The number of benzene rings is 1. The Kier molecular flexibility index (Phi) is 4.25. The molecule has 0 radical (unpaired) electrons. The topological polar surface area (TPSA) is 38.0 Å². The molecule has 2 nitrogen and oxygen atoms in total. The molecular formula is C13H18F2N2S. The number of hydrogen-bond donors (Lipinski definition) is 2. The van der Waals surface area contributed by atoms with Gasteiger partial charge in [0.1, 0.15) is 0 Å². The van der Waals surface area contributed by atoms with Crippen molar-refractivity contribution in [2.24, 2.45) is 5.84 Å². The van der Waals surface area contributed by atoms with Gasteiger partial charge in [-0.1, -0.05) is 6.07 Å². The van der Waals surface area contributed by atoms with Crippen LogP contribution in [0.2, 0.25) is 0 Å². The van der Waals surface area contributed by atoms with Crippen LogP contribution in [0, 0.1) is 11.6 Å². The minimum atomic E-state index is -0.808. The van der Waals surface area contributed by atoms with Gasteiger partial charge in [-0.3, -0.25) is 11.3 Å². The first-order valence-electron chi connectivity index (χ1n) is 6.09. The van der Waals surface area contributed by atoms with Crippen molar-refractivity contribution in [1.82, 2.24) is 5.43 Å². The zero-order valence-electron chi connectivity index (χ0n) is 10.4. The summed E-state index contributed by atoms with van der Waals surface area (Å²) in [6, 6.07) is 4.10. The molecule has 1 heterocycles. The van der Waals surface area contributed by atoms with E-state index in [-0.39, 0.29) is 10.8 Å². The molecule has 100 valence electrons. The van der Waals surface area contributed by atoms with Gasteiger partial charge in [-0.15, -0.1) is 0 Å². The molecule has 1 aromatic carbocycles. The molecule has 0 spiro atoms. The Morgan fingerprint density at radius 3 is 2.78 bits per heavy atom. The summed E-state index contributed by atoms with van der Waals surface area (Å²) in [6.07, 6.45) is 2.88. The molecule has 0 bridgehead atoms. The molecule has 0 aromatic heterocycles. The summed E-state index contributed by atoms with van der Waals surface area (Å²) >= 11 is 1.89. The van der Waals surface area contributed by atoms with Crippen LogP contribution in [0.4, 0.5) is 8.78 Å². The van der Waals surface area contributed by atoms with E-state index in [0.717, 1.165) is 17.7 Å².